The first-order chi connectivity index (χ1) is 14.1. The zero-order valence-electron chi connectivity index (χ0n) is 16.9. The van der Waals surface area contributed by atoms with Gasteiger partial charge in [-0.2, -0.15) is 0 Å². The van der Waals surface area contributed by atoms with Gasteiger partial charge in [0.25, 0.3) is 5.91 Å². The Hall–Kier alpha value is -3.15. The predicted octanol–water partition coefficient (Wildman–Crippen LogP) is 4.13. The normalized spacial score (nSPS) is 16.4. The van der Waals surface area contributed by atoms with E-state index in [4.69, 9.17) is 9.72 Å². The van der Waals surface area contributed by atoms with E-state index in [0.717, 1.165) is 36.7 Å². The van der Waals surface area contributed by atoms with Crippen molar-refractivity contribution in [3.63, 3.8) is 0 Å². The second kappa shape index (κ2) is 8.47. The molecule has 1 atom stereocenters. The summed E-state index contributed by atoms with van der Waals surface area (Å²) in [5, 5.41) is 0. The molecule has 3 heterocycles. The minimum absolute atomic E-state index is 0.00550. The van der Waals surface area contributed by atoms with Gasteiger partial charge in [0.2, 0.25) is 0 Å². The number of benzene rings is 1. The van der Waals surface area contributed by atoms with Gasteiger partial charge in [-0.3, -0.25) is 9.36 Å². The van der Waals surface area contributed by atoms with Crippen molar-refractivity contribution in [3.05, 3.63) is 72.4 Å². The summed E-state index contributed by atoms with van der Waals surface area (Å²) in [5.74, 6) is 2.82. The van der Waals surface area contributed by atoms with Crippen LogP contribution in [0.5, 0.6) is 5.75 Å². The predicted molar refractivity (Wildman–Crippen MR) is 111 cm³/mol. The number of imidazole rings is 1. The molecule has 6 heteroatoms. The van der Waals surface area contributed by atoms with Crippen molar-refractivity contribution in [1.82, 2.24) is 19.4 Å². The molecule has 1 aliphatic heterocycles. The van der Waals surface area contributed by atoms with Crippen LogP contribution in [0.4, 0.5) is 0 Å². The van der Waals surface area contributed by atoms with Crippen molar-refractivity contribution in [2.45, 2.75) is 38.6 Å². The molecule has 0 aliphatic carbocycles. The summed E-state index contributed by atoms with van der Waals surface area (Å²) in [5.41, 5.74) is 0.913. The standard InChI is InChI=1S/C23H26N4O2/c1-17(2)23-24-13-15-27(23)21-12-6-10-19(25-21)20-11-7-14-26(20)22(28)16-29-18-8-4-3-5-9-18/h3-6,8-10,12-13,15,17,20H,7,11,14,16H2,1-2H3/t20-/m1/s1. The van der Waals surface area contributed by atoms with Gasteiger partial charge in [0, 0.05) is 24.9 Å². The Morgan fingerprint density at radius 1 is 1.17 bits per heavy atom. The number of carbonyl (C=O) groups excluding carboxylic acids is 1. The monoisotopic (exact) mass is 390 g/mol. The van der Waals surface area contributed by atoms with Crippen molar-refractivity contribution in [2.75, 3.05) is 13.2 Å². The number of hydrogen-bond acceptors (Lipinski definition) is 4. The average Bonchev–Trinajstić information content (AvgIpc) is 3.42. The molecule has 1 saturated heterocycles. The Kier molecular flexibility index (Phi) is 5.60. The summed E-state index contributed by atoms with van der Waals surface area (Å²) < 4.78 is 7.69. The van der Waals surface area contributed by atoms with Crippen LogP contribution < -0.4 is 4.74 Å². The average molecular weight is 390 g/mol. The molecule has 3 aromatic rings. The first-order valence-corrected chi connectivity index (χ1v) is 10.1. The van der Waals surface area contributed by atoms with E-state index in [1.165, 1.54) is 0 Å². The van der Waals surface area contributed by atoms with Crippen LogP contribution in [0, 0.1) is 0 Å². The molecule has 0 bridgehead atoms. The summed E-state index contributed by atoms with van der Waals surface area (Å²) >= 11 is 0. The summed E-state index contributed by atoms with van der Waals surface area (Å²) in [4.78, 5) is 24.0. The number of pyridine rings is 1. The Labute approximate surface area is 171 Å². The lowest BCUT2D eigenvalue weighted by Crippen LogP contribution is -2.34. The number of rotatable bonds is 6. The minimum Gasteiger partial charge on any atom is -0.484 e. The van der Waals surface area contributed by atoms with E-state index in [1.807, 2.05) is 64.2 Å². The maximum atomic E-state index is 12.8. The van der Waals surface area contributed by atoms with Gasteiger partial charge in [-0.15, -0.1) is 0 Å². The van der Waals surface area contributed by atoms with Crippen LogP contribution in [0.15, 0.2) is 60.9 Å². The lowest BCUT2D eigenvalue weighted by molar-refractivity contribution is -0.134. The van der Waals surface area contributed by atoms with E-state index in [-0.39, 0.29) is 18.6 Å². The SMILES string of the molecule is CC(C)c1nccn1-c1cccc([C@H]2CCCN2C(=O)COc2ccccc2)n1. The van der Waals surface area contributed by atoms with Crippen molar-refractivity contribution in [3.8, 4) is 11.6 Å². The number of nitrogens with zero attached hydrogens (tertiary/aromatic N) is 4. The van der Waals surface area contributed by atoms with Crippen molar-refractivity contribution >= 4 is 5.91 Å². The Bertz CT molecular complexity index is 968. The van der Waals surface area contributed by atoms with Gasteiger partial charge in [0.15, 0.2) is 6.61 Å². The van der Waals surface area contributed by atoms with E-state index < -0.39 is 0 Å². The van der Waals surface area contributed by atoms with Gasteiger partial charge in [-0.25, -0.2) is 9.97 Å². The van der Waals surface area contributed by atoms with E-state index >= 15 is 0 Å². The van der Waals surface area contributed by atoms with E-state index in [1.54, 1.807) is 6.20 Å². The van der Waals surface area contributed by atoms with Gasteiger partial charge < -0.3 is 9.64 Å². The molecule has 0 saturated carbocycles. The lowest BCUT2D eigenvalue weighted by atomic mass is 10.1. The molecule has 1 amide bonds. The van der Waals surface area contributed by atoms with E-state index in [0.29, 0.717) is 11.7 Å². The molecule has 1 aliphatic rings. The van der Waals surface area contributed by atoms with Gasteiger partial charge in [0.05, 0.1) is 11.7 Å². The number of aromatic nitrogens is 3. The van der Waals surface area contributed by atoms with Crippen LogP contribution in [-0.4, -0.2) is 38.5 Å². The largest absolute Gasteiger partial charge is 0.484 e. The van der Waals surface area contributed by atoms with Crippen molar-refractivity contribution < 1.29 is 9.53 Å². The molecule has 0 unspecified atom stereocenters. The van der Waals surface area contributed by atoms with Crippen LogP contribution in [0.1, 0.15) is 50.2 Å². The third kappa shape index (κ3) is 4.16. The molecule has 150 valence electrons. The third-order valence-corrected chi connectivity index (χ3v) is 5.21. The molecule has 6 nitrogen and oxygen atoms in total. The topological polar surface area (TPSA) is 60.2 Å². The van der Waals surface area contributed by atoms with Gasteiger partial charge in [-0.05, 0) is 37.1 Å². The van der Waals surface area contributed by atoms with Gasteiger partial charge in [0.1, 0.15) is 17.4 Å². The van der Waals surface area contributed by atoms with E-state index in [2.05, 4.69) is 18.8 Å². The summed E-state index contributed by atoms with van der Waals surface area (Å²) in [6, 6.07) is 15.4. The van der Waals surface area contributed by atoms with Crippen molar-refractivity contribution in [2.24, 2.45) is 0 Å². The Morgan fingerprint density at radius 3 is 2.79 bits per heavy atom. The van der Waals surface area contributed by atoms with Gasteiger partial charge in [-0.1, -0.05) is 38.1 Å². The highest BCUT2D eigenvalue weighted by atomic mass is 16.5. The molecular formula is C23H26N4O2. The zero-order chi connectivity index (χ0) is 20.2. The highest BCUT2D eigenvalue weighted by Gasteiger charge is 2.31. The first-order valence-electron chi connectivity index (χ1n) is 10.1. The van der Waals surface area contributed by atoms with Crippen molar-refractivity contribution in [1.29, 1.82) is 0 Å². The van der Waals surface area contributed by atoms with E-state index in [9.17, 15) is 4.79 Å². The molecule has 29 heavy (non-hydrogen) atoms. The van der Waals surface area contributed by atoms with Crippen LogP contribution in [-0.2, 0) is 4.79 Å². The molecule has 4 rings (SSSR count). The Balaban J connectivity index is 1.51. The molecule has 0 N–H and O–H groups in total. The van der Waals surface area contributed by atoms with Crippen LogP contribution >= 0.6 is 0 Å². The Morgan fingerprint density at radius 2 is 2.00 bits per heavy atom. The molecular weight excluding hydrogens is 364 g/mol. The molecule has 0 spiro atoms. The smallest absolute Gasteiger partial charge is 0.261 e. The fourth-order valence-electron chi connectivity index (χ4n) is 3.81. The fraction of sp³-hybridized carbons (Fsp3) is 0.348. The second-order valence-electron chi connectivity index (χ2n) is 7.58. The number of amides is 1. The number of hydrogen-bond donors (Lipinski definition) is 0. The van der Waals surface area contributed by atoms with Gasteiger partial charge >= 0.3 is 0 Å². The van der Waals surface area contributed by atoms with Crippen LogP contribution in [0.2, 0.25) is 0 Å². The lowest BCUT2D eigenvalue weighted by Gasteiger charge is -2.25. The zero-order valence-corrected chi connectivity index (χ0v) is 16.9. The number of likely N-dealkylation sites (tertiary alicyclic amines) is 1. The van der Waals surface area contributed by atoms with Crippen LogP contribution in [0.3, 0.4) is 0 Å². The summed E-state index contributed by atoms with van der Waals surface area (Å²) in [6.45, 7) is 5.01. The number of para-hydroxylation sites is 1. The summed E-state index contributed by atoms with van der Waals surface area (Å²) in [7, 11) is 0. The molecule has 1 aromatic carbocycles. The highest BCUT2D eigenvalue weighted by Crippen LogP contribution is 2.31. The number of carbonyl (C=O) groups is 1. The maximum Gasteiger partial charge on any atom is 0.261 e. The summed E-state index contributed by atoms with van der Waals surface area (Å²) in [6.07, 6.45) is 5.62. The quantitative estimate of drug-likeness (QED) is 0.635. The second-order valence-corrected chi connectivity index (χ2v) is 7.58. The fourth-order valence-corrected chi connectivity index (χ4v) is 3.81. The molecule has 0 radical (unpaired) electrons. The number of ether oxygens (including phenoxy) is 1. The highest BCUT2D eigenvalue weighted by molar-refractivity contribution is 5.78. The maximum absolute atomic E-state index is 12.8. The molecule has 2 aromatic heterocycles. The van der Waals surface area contributed by atoms with Crippen LogP contribution in [0.25, 0.3) is 5.82 Å². The minimum atomic E-state index is -0.0205. The first kappa shape index (κ1) is 19.2. The third-order valence-electron chi connectivity index (χ3n) is 5.21. The molecule has 1 fully saturated rings.